The van der Waals surface area contributed by atoms with Gasteiger partial charge < -0.3 is 9.80 Å². The minimum Gasteiger partial charge on any atom is -0.366 e. The molecule has 0 spiro atoms. The van der Waals surface area contributed by atoms with Crippen molar-refractivity contribution in [2.24, 2.45) is 0 Å². The number of sulfonamides is 1. The summed E-state index contributed by atoms with van der Waals surface area (Å²) in [7, 11) is -3.52. The first kappa shape index (κ1) is 23.8. The highest BCUT2D eigenvalue weighted by Gasteiger charge is 2.24. The van der Waals surface area contributed by atoms with Crippen LogP contribution >= 0.6 is 0 Å². The number of aryl methyl sites for hydroxylation is 1. The topological polar surface area (TPSA) is 60.9 Å². The normalized spacial score (nSPS) is 14.2. The molecule has 1 amide bonds. The molecule has 3 aromatic carbocycles. The van der Waals surface area contributed by atoms with Crippen LogP contribution in [0.5, 0.6) is 0 Å². The summed E-state index contributed by atoms with van der Waals surface area (Å²) in [5.74, 6) is -0.386. The van der Waals surface area contributed by atoms with E-state index in [0.717, 1.165) is 11.1 Å². The highest BCUT2D eigenvalue weighted by molar-refractivity contribution is 7.92. The average Bonchev–Trinajstić information content (AvgIpc) is 2.83. The number of benzene rings is 3. The van der Waals surface area contributed by atoms with E-state index in [1.165, 1.54) is 16.6 Å². The molecule has 0 atom stereocenters. The molecular formula is C26H28FN3O3S. The Morgan fingerprint density at radius 3 is 2.15 bits per heavy atom. The third-order valence-corrected chi connectivity index (χ3v) is 7.28. The molecule has 0 radical (unpaired) electrons. The van der Waals surface area contributed by atoms with Crippen molar-refractivity contribution in [3.8, 4) is 0 Å². The van der Waals surface area contributed by atoms with Crippen LogP contribution in [0.3, 0.4) is 0 Å². The predicted molar refractivity (Wildman–Crippen MR) is 133 cm³/mol. The molecule has 178 valence electrons. The summed E-state index contributed by atoms with van der Waals surface area (Å²) in [5, 5.41) is 0. The number of hydrogen-bond acceptors (Lipinski definition) is 4. The van der Waals surface area contributed by atoms with Crippen molar-refractivity contribution in [3.63, 3.8) is 0 Å². The molecule has 34 heavy (non-hydrogen) atoms. The van der Waals surface area contributed by atoms with Crippen molar-refractivity contribution >= 4 is 27.3 Å². The molecule has 0 N–H and O–H groups in total. The van der Waals surface area contributed by atoms with E-state index in [2.05, 4.69) is 0 Å². The lowest BCUT2D eigenvalue weighted by atomic mass is 10.1. The molecule has 6 nitrogen and oxygen atoms in total. The predicted octanol–water partition coefficient (Wildman–Crippen LogP) is 4.06. The second-order valence-corrected chi connectivity index (χ2v) is 10.4. The summed E-state index contributed by atoms with van der Waals surface area (Å²) < 4.78 is 40.4. The lowest BCUT2D eigenvalue weighted by Gasteiger charge is -2.36. The lowest BCUT2D eigenvalue weighted by molar-refractivity contribution is 0.0746. The monoisotopic (exact) mass is 481 g/mol. The number of carbonyl (C=O) groups excluding carboxylic acids is 1. The van der Waals surface area contributed by atoms with Gasteiger partial charge in [-0.25, -0.2) is 12.8 Å². The smallest absolute Gasteiger partial charge is 0.253 e. The van der Waals surface area contributed by atoms with Gasteiger partial charge in [-0.1, -0.05) is 36.4 Å². The number of carbonyl (C=O) groups is 1. The molecule has 1 aliphatic heterocycles. The van der Waals surface area contributed by atoms with Crippen molar-refractivity contribution < 1.29 is 17.6 Å². The Bertz CT molecular complexity index is 1270. The van der Waals surface area contributed by atoms with Gasteiger partial charge in [0.2, 0.25) is 10.0 Å². The molecule has 1 fully saturated rings. The molecule has 1 aliphatic rings. The Morgan fingerprint density at radius 2 is 1.53 bits per heavy atom. The number of amides is 1. The van der Waals surface area contributed by atoms with Gasteiger partial charge in [0.1, 0.15) is 5.82 Å². The van der Waals surface area contributed by atoms with E-state index in [-0.39, 0.29) is 18.3 Å². The van der Waals surface area contributed by atoms with Crippen LogP contribution < -0.4 is 9.21 Å². The van der Waals surface area contributed by atoms with E-state index < -0.39 is 10.0 Å². The first-order valence-corrected chi connectivity index (χ1v) is 13.0. The quantitative estimate of drug-likeness (QED) is 0.533. The minimum absolute atomic E-state index is 0.121. The van der Waals surface area contributed by atoms with E-state index in [9.17, 15) is 17.6 Å². The van der Waals surface area contributed by atoms with Crippen molar-refractivity contribution in [2.45, 2.75) is 13.5 Å². The average molecular weight is 482 g/mol. The van der Waals surface area contributed by atoms with E-state index >= 15 is 0 Å². The third kappa shape index (κ3) is 5.22. The van der Waals surface area contributed by atoms with E-state index in [1.807, 2.05) is 36.1 Å². The molecule has 8 heteroatoms. The first-order chi connectivity index (χ1) is 16.2. The Hall–Kier alpha value is -3.39. The zero-order valence-corrected chi connectivity index (χ0v) is 20.1. The maximum Gasteiger partial charge on any atom is 0.253 e. The maximum absolute atomic E-state index is 14.1. The van der Waals surface area contributed by atoms with Crippen LogP contribution in [0.2, 0.25) is 0 Å². The van der Waals surface area contributed by atoms with Crippen LogP contribution in [0, 0.1) is 12.7 Å². The SMILES string of the molecule is Cc1ccccc1CN(c1ccc(C(=O)N2CCN(c3ccccc3F)CC2)cc1)S(C)(=O)=O. The Labute approximate surface area is 200 Å². The largest absolute Gasteiger partial charge is 0.366 e. The number of rotatable bonds is 6. The summed E-state index contributed by atoms with van der Waals surface area (Å²) in [6.07, 6.45) is 1.18. The molecule has 1 saturated heterocycles. The van der Waals surface area contributed by atoms with E-state index in [4.69, 9.17) is 0 Å². The fraction of sp³-hybridized carbons (Fsp3) is 0.269. The van der Waals surface area contributed by atoms with Crippen LogP contribution in [0.1, 0.15) is 21.5 Å². The second kappa shape index (κ2) is 9.85. The molecule has 4 rings (SSSR count). The van der Waals surface area contributed by atoms with Crippen molar-refractivity contribution in [2.75, 3.05) is 41.6 Å². The summed E-state index contributed by atoms with van der Waals surface area (Å²) in [5.41, 5.74) is 3.48. The highest BCUT2D eigenvalue weighted by atomic mass is 32.2. The molecule has 0 saturated carbocycles. The zero-order chi connectivity index (χ0) is 24.3. The van der Waals surface area contributed by atoms with Crippen LogP contribution in [0.15, 0.2) is 72.8 Å². The van der Waals surface area contributed by atoms with Crippen molar-refractivity contribution in [3.05, 3.63) is 95.3 Å². The van der Waals surface area contributed by atoms with Crippen LogP contribution in [-0.2, 0) is 16.6 Å². The summed E-state index contributed by atoms with van der Waals surface area (Å²) in [6, 6.07) is 21.0. The van der Waals surface area contributed by atoms with Gasteiger partial charge in [-0.2, -0.15) is 0 Å². The van der Waals surface area contributed by atoms with Gasteiger partial charge in [0.05, 0.1) is 24.2 Å². The van der Waals surface area contributed by atoms with Crippen LogP contribution in [0.4, 0.5) is 15.8 Å². The molecule has 0 bridgehead atoms. The third-order valence-electron chi connectivity index (χ3n) is 6.14. The van der Waals surface area contributed by atoms with Gasteiger partial charge in [0.15, 0.2) is 0 Å². The van der Waals surface area contributed by atoms with Crippen molar-refractivity contribution in [1.29, 1.82) is 0 Å². The van der Waals surface area contributed by atoms with Crippen LogP contribution in [-0.4, -0.2) is 51.7 Å². The second-order valence-electron chi connectivity index (χ2n) is 8.47. The first-order valence-electron chi connectivity index (χ1n) is 11.1. The van der Waals surface area contributed by atoms with Gasteiger partial charge in [-0.05, 0) is 54.4 Å². The number of halogens is 1. The van der Waals surface area contributed by atoms with Gasteiger partial charge in [0.25, 0.3) is 5.91 Å². The van der Waals surface area contributed by atoms with Gasteiger partial charge >= 0.3 is 0 Å². The van der Waals surface area contributed by atoms with E-state index in [0.29, 0.717) is 43.1 Å². The fourth-order valence-corrected chi connectivity index (χ4v) is 5.03. The minimum atomic E-state index is -3.52. The number of piperazine rings is 1. The molecule has 0 aliphatic carbocycles. The summed E-state index contributed by atoms with van der Waals surface area (Å²) in [6.45, 7) is 4.22. The van der Waals surface area contributed by atoms with Gasteiger partial charge in [-0.15, -0.1) is 0 Å². The standard InChI is InChI=1S/C26H28FN3O3S/c1-20-7-3-4-8-22(20)19-30(34(2,32)33)23-13-11-21(12-14-23)26(31)29-17-15-28(16-18-29)25-10-6-5-9-24(25)27/h3-14H,15-19H2,1-2H3. The molecule has 0 aromatic heterocycles. The Morgan fingerprint density at radius 1 is 0.912 bits per heavy atom. The van der Waals surface area contributed by atoms with Crippen LogP contribution in [0.25, 0.3) is 0 Å². The summed E-state index contributed by atoms with van der Waals surface area (Å²) in [4.78, 5) is 16.7. The lowest BCUT2D eigenvalue weighted by Crippen LogP contribution is -2.49. The van der Waals surface area contributed by atoms with E-state index in [1.54, 1.807) is 47.4 Å². The molecule has 3 aromatic rings. The molecular weight excluding hydrogens is 453 g/mol. The Kier molecular flexibility index (Phi) is 6.88. The molecule has 1 heterocycles. The number of para-hydroxylation sites is 1. The fourth-order valence-electron chi connectivity index (χ4n) is 4.15. The Balaban J connectivity index is 1.45. The van der Waals surface area contributed by atoms with Gasteiger partial charge in [-0.3, -0.25) is 9.10 Å². The highest BCUT2D eigenvalue weighted by Crippen LogP contribution is 2.24. The summed E-state index contributed by atoms with van der Waals surface area (Å²) >= 11 is 0. The molecule has 0 unspecified atom stereocenters. The number of hydrogen-bond donors (Lipinski definition) is 0. The number of anilines is 2. The maximum atomic E-state index is 14.1. The number of nitrogens with zero attached hydrogens (tertiary/aromatic N) is 3. The van der Waals surface area contributed by atoms with Crippen molar-refractivity contribution in [1.82, 2.24) is 4.90 Å². The zero-order valence-electron chi connectivity index (χ0n) is 19.3. The van der Waals surface area contributed by atoms with Gasteiger partial charge in [0, 0.05) is 31.7 Å².